The molecule has 0 heterocycles. The van der Waals surface area contributed by atoms with Crippen molar-refractivity contribution in [3.63, 3.8) is 0 Å². The summed E-state index contributed by atoms with van der Waals surface area (Å²) < 4.78 is 0. The number of unbranched alkanes of at least 4 members (excludes halogenated alkanes) is 7. The number of nitrogens with one attached hydrogen (secondary N) is 1. The molecule has 0 fully saturated rings. The van der Waals surface area contributed by atoms with Gasteiger partial charge in [0, 0.05) is 0 Å². The molecule has 0 aliphatic rings. The largest absolute Gasteiger partial charge is 0.320 e. The monoisotopic (exact) mass is 201 g/mol. The van der Waals surface area contributed by atoms with Crippen LogP contribution >= 0.6 is 0 Å². The molecule has 0 unspecified atom stereocenters. The molecule has 0 saturated carbocycles. The SMILES string of the molecule is CCCCCCCCCC.CCNC. The van der Waals surface area contributed by atoms with E-state index in [1.165, 1.54) is 51.4 Å². The smallest absolute Gasteiger partial charge is 0.00804 e. The third-order valence-corrected chi connectivity index (χ3v) is 2.31. The van der Waals surface area contributed by atoms with Gasteiger partial charge in [0.1, 0.15) is 0 Å². The molecule has 1 heteroatoms. The van der Waals surface area contributed by atoms with E-state index in [-0.39, 0.29) is 0 Å². The molecule has 0 spiro atoms. The van der Waals surface area contributed by atoms with Crippen LogP contribution in [0.15, 0.2) is 0 Å². The summed E-state index contributed by atoms with van der Waals surface area (Å²) >= 11 is 0. The van der Waals surface area contributed by atoms with Crippen molar-refractivity contribution in [2.75, 3.05) is 13.6 Å². The first-order valence-corrected chi connectivity index (χ1v) is 6.47. The molecule has 1 nitrogen and oxygen atoms in total. The predicted molar refractivity (Wildman–Crippen MR) is 67.9 cm³/mol. The van der Waals surface area contributed by atoms with E-state index in [0.717, 1.165) is 6.54 Å². The maximum Gasteiger partial charge on any atom is -0.00804 e. The maximum atomic E-state index is 2.93. The number of hydrogen-bond acceptors (Lipinski definition) is 1. The van der Waals surface area contributed by atoms with Crippen molar-refractivity contribution in [1.82, 2.24) is 5.32 Å². The first-order valence-electron chi connectivity index (χ1n) is 6.47. The molecule has 0 saturated heterocycles. The third-order valence-electron chi connectivity index (χ3n) is 2.31. The Kier molecular flexibility index (Phi) is 21.9. The second-order valence-electron chi connectivity index (χ2n) is 3.83. The molecular formula is C13H31N. The second-order valence-corrected chi connectivity index (χ2v) is 3.83. The van der Waals surface area contributed by atoms with E-state index >= 15 is 0 Å². The number of hydrogen-bond donors (Lipinski definition) is 1. The highest BCUT2D eigenvalue weighted by Crippen LogP contribution is 2.07. The highest BCUT2D eigenvalue weighted by atomic mass is 14.8. The topological polar surface area (TPSA) is 12.0 Å². The minimum atomic E-state index is 1.07. The molecule has 0 radical (unpaired) electrons. The predicted octanol–water partition coefficient (Wildman–Crippen LogP) is 4.37. The summed E-state index contributed by atoms with van der Waals surface area (Å²) in [5.74, 6) is 0. The summed E-state index contributed by atoms with van der Waals surface area (Å²) in [6, 6.07) is 0. The molecule has 0 amide bonds. The van der Waals surface area contributed by atoms with Crippen LogP contribution in [0.1, 0.15) is 72.1 Å². The summed E-state index contributed by atoms with van der Waals surface area (Å²) in [7, 11) is 1.93. The van der Waals surface area contributed by atoms with Gasteiger partial charge in [0.2, 0.25) is 0 Å². The van der Waals surface area contributed by atoms with Gasteiger partial charge in [-0.2, -0.15) is 0 Å². The lowest BCUT2D eigenvalue weighted by atomic mass is 10.1. The van der Waals surface area contributed by atoms with Crippen molar-refractivity contribution in [3.05, 3.63) is 0 Å². The van der Waals surface area contributed by atoms with Gasteiger partial charge in [-0.3, -0.25) is 0 Å². The lowest BCUT2D eigenvalue weighted by Crippen LogP contribution is -2.01. The van der Waals surface area contributed by atoms with Gasteiger partial charge >= 0.3 is 0 Å². The fourth-order valence-corrected chi connectivity index (χ4v) is 1.21. The van der Waals surface area contributed by atoms with Gasteiger partial charge in [0.05, 0.1) is 0 Å². The molecule has 0 aliphatic heterocycles. The van der Waals surface area contributed by atoms with Crippen molar-refractivity contribution < 1.29 is 0 Å². The van der Waals surface area contributed by atoms with Crippen LogP contribution in [0.25, 0.3) is 0 Å². The van der Waals surface area contributed by atoms with E-state index in [9.17, 15) is 0 Å². The Labute approximate surface area is 91.7 Å². The second kappa shape index (κ2) is 18.7. The van der Waals surface area contributed by atoms with Gasteiger partial charge < -0.3 is 5.32 Å². The van der Waals surface area contributed by atoms with Crippen molar-refractivity contribution >= 4 is 0 Å². The van der Waals surface area contributed by atoms with Crippen LogP contribution in [0.5, 0.6) is 0 Å². The fraction of sp³-hybridized carbons (Fsp3) is 1.00. The van der Waals surface area contributed by atoms with E-state index in [2.05, 4.69) is 26.1 Å². The Morgan fingerprint density at radius 2 is 0.929 bits per heavy atom. The van der Waals surface area contributed by atoms with E-state index in [0.29, 0.717) is 0 Å². The highest BCUT2D eigenvalue weighted by molar-refractivity contribution is 4.43. The molecule has 14 heavy (non-hydrogen) atoms. The Bertz CT molecular complexity index is 61.6. The zero-order valence-electron chi connectivity index (χ0n) is 10.9. The van der Waals surface area contributed by atoms with Crippen molar-refractivity contribution in [3.8, 4) is 0 Å². The van der Waals surface area contributed by atoms with Crippen molar-refractivity contribution in [2.24, 2.45) is 0 Å². The average molecular weight is 201 g/mol. The minimum absolute atomic E-state index is 1.07. The number of rotatable bonds is 8. The molecule has 0 aromatic rings. The first kappa shape index (κ1) is 16.4. The van der Waals surface area contributed by atoms with Gasteiger partial charge in [-0.25, -0.2) is 0 Å². The fourth-order valence-electron chi connectivity index (χ4n) is 1.21. The van der Waals surface area contributed by atoms with E-state index < -0.39 is 0 Å². The van der Waals surface area contributed by atoms with Gasteiger partial charge in [0.25, 0.3) is 0 Å². The molecule has 88 valence electrons. The Hall–Kier alpha value is -0.0400. The highest BCUT2D eigenvalue weighted by Gasteiger charge is 1.87. The summed E-state index contributed by atoms with van der Waals surface area (Å²) in [5, 5.41) is 2.93. The first-order chi connectivity index (χ1) is 6.83. The van der Waals surface area contributed by atoms with Crippen molar-refractivity contribution in [2.45, 2.75) is 72.1 Å². The van der Waals surface area contributed by atoms with Gasteiger partial charge in [-0.15, -0.1) is 0 Å². The Balaban J connectivity index is 0. The van der Waals surface area contributed by atoms with Crippen LogP contribution < -0.4 is 5.32 Å². The maximum absolute atomic E-state index is 2.93. The molecule has 1 N–H and O–H groups in total. The van der Waals surface area contributed by atoms with E-state index in [4.69, 9.17) is 0 Å². The summed E-state index contributed by atoms with van der Waals surface area (Å²) in [4.78, 5) is 0. The molecule has 0 bridgehead atoms. The molecule has 0 aliphatic carbocycles. The quantitative estimate of drug-likeness (QED) is 0.575. The third kappa shape index (κ3) is 22.7. The normalized spacial score (nSPS) is 9.43. The van der Waals surface area contributed by atoms with Crippen LogP contribution in [-0.2, 0) is 0 Å². The standard InChI is InChI=1S/C10H22.C3H9N/c1-3-5-7-9-10-8-6-4-2;1-3-4-2/h3-10H2,1-2H3;4H,3H2,1-2H3. The average Bonchev–Trinajstić information content (AvgIpc) is 2.24. The zero-order chi connectivity index (χ0) is 11.1. The Morgan fingerprint density at radius 1 is 0.643 bits per heavy atom. The molecule has 0 atom stereocenters. The van der Waals surface area contributed by atoms with Gasteiger partial charge in [0.15, 0.2) is 0 Å². The van der Waals surface area contributed by atoms with E-state index in [1.54, 1.807) is 0 Å². The van der Waals surface area contributed by atoms with Crippen LogP contribution in [0.4, 0.5) is 0 Å². The van der Waals surface area contributed by atoms with E-state index in [1.807, 2.05) is 7.05 Å². The lowest BCUT2D eigenvalue weighted by molar-refractivity contribution is 0.585. The minimum Gasteiger partial charge on any atom is -0.320 e. The summed E-state index contributed by atoms with van der Waals surface area (Å²) in [6.45, 7) is 7.68. The van der Waals surface area contributed by atoms with Crippen LogP contribution in [0.2, 0.25) is 0 Å². The summed E-state index contributed by atoms with van der Waals surface area (Å²) in [6.07, 6.45) is 11.5. The van der Waals surface area contributed by atoms with Crippen LogP contribution in [0.3, 0.4) is 0 Å². The molecule has 0 aromatic heterocycles. The van der Waals surface area contributed by atoms with Gasteiger partial charge in [-0.1, -0.05) is 72.1 Å². The van der Waals surface area contributed by atoms with Crippen LogP contribution in [-0.4, -0.2) is 13.6 Å². The summed E-state index contributed by atoms with van der Waals surface area (Å²) in [5.41, 5.74) is 0. The molecule has 0 aromatic carbocycles. The zero-order valence-corrected chi connectivity index (χ0v) is 10.9. The van der Waals surface area contributed by atoms with Crippen LogP contribution in [0, 0.1) is 0 Å². The molecule has 0 rings (SSSR count). The Morgan fingerprint density at radius 3 is 1.14 bits per heavy atom. The molecular weight excluding hydrogens is 170 g/mol. The van der Waals surface area contributed by atoms with Crippen molar-refractivity contribution in [1.29, 1.82) is 0 Å². The van der Waals surface area contributed by atoms with Gasteiger partial charge in [-0.05, 0) is 13.6 Å². The lowest BCUT2D eigenvalue weighted by Gasteiger charge is -1.97.